The van der Waals surface area contributed by atoms with Crippen molar-refractivity contribution in [1.82, 2.24) is 10.2 Å². The normalized spacial score (nSPS) is 25.1. The van der Waals surface area contributed by atoms with Crippen molar-refractivity contribution in [3.63, 3.8) is 0 Å². The van der Waals surface area contributed by atoms with Gasteiger partial charge in [0.05, 0.1) is 0 Å². The average Bonchev–Trinajstić information content (AvgIpc) is 2.21. The van der Waals surface area contributed by atoms with Gasteiger partial charge < -0.3 is 10.2 Å². The fourth-order valence-corrected chi connectivity index (χ4v) is 2.67. The van der Waals surface area contributed by atoms with Crippen LogP contribution >= 0.6 is 0 Å². The van der Waals surface area contributed by atoms with E-state index in [0.29, 0.717) is 0 Å². The summed E-state index contributed by atoms with van der Waals surface area (Å²) in [6.45, 7) is 14.0. The van der Waals surface area contributed by atoms with Gasteiger partial charge in [-0.25, -0.2) is 0 Å². The molecular weight excluding hydrogens is 196 g/mol. The van der Waals surface area contributed by atoms with E-state index in [1.165, 1.54) is 45.4 Å². The molecule has 1 saturated carbocycles. The Balaban J connectivity index is 2.22. The lowest BCUT2D eigenvalue weighted by Crippen LogP contribution is -2.50. The molecule has 2 atom stereocenters. The van der Waals surface area contributed by atoms with E-state index in [1.807, 2.05) is 0 Å². The lowest BCUT2D eigenvalue weighted by molar-refractivity contribution is 0.0657. The summed E-state index contributed by atoms with van der Waals surface area (Å²) in [6.07, 6.45) is 4.13. The monoisotopic (exact) mass is 226 g/mol. The first-order valence-corrected chi connectivity index (χ1v) is 7.13. The Hall–Kier alpha value is -0.0800. The summed E-state index contributed by atoms with van der Waals surface area (Å²) in [6, 6.07) is 0.865. The van der Waals surface area contributed by atoms with E-state index >= 15 is 0 Å². The third-order valence-electron chi connectivity index (χ3n) is 3.72. The van der Waals surface area contributed by atoms with Crippen LogP contribution in [0, 0.1) is 11.8 Å². The van der Waals surface area contributed by atoms with Gasteiger partial charge in [0.25, 0.3) is 0 Å². The largest absolute Gasteiger partial charge is 0.316 e. The molecular formula is C14H30N2. The smallest absolute Gasteiger partial charge is 0.0136 e. The lowest BCUT2D eigenvalue weighted by Gasteiger charge is -2.44. The molecule has 1 aliphatic carbocycles. The van der Waals surface area contributed by atoms with Gasteiger partial charge in [0.2, 0.25) is 0 Å². The highest BCUT2D eigenvalue weighted by Gasteiger charge is 2.33. The molecule has 1 aliphatic rings. The van der Waals surface area contributed by atoms with Gasteiger partial charge in [-0.05, 0) is 57.3 Å². The summed E-state index contributed by atoms with van der Waals surface area (Å²) < 4.78 is 0. The molecule has 2 unspecified atom stereocenters. The molecule has 2 heteroatoms. The lowest BCUT2D eigenvalue weighted by atomic mass is 9.78. The number of hydrogen-bond acceptors (Lipinski definition) is 2. The Morgan fingerprint density at radius 1 is 1.25 bits per heavy atom. The van der Waals surface area contributed by atoms with Crippen LogP contribution < -0.4 is 5.32 Å². The van der Waals surface area contributed by atoms with Crippen LogP contribution in [0.1, 0.15) is 47.0 Å². The van der Waals surface area contributed by atoms with Crippen molar-refractivity contribution in [1.29, 1.82) is 0 Å². The Labute approximate surface area is 102 Å². The summed E-state index contributed by atoms with van der Waals surface area (Å²) in [4.78, 5) is 2.67. The Morgan fingerprint density at radius 2 is 2.00 bits per heavy atom. The number of hydrogen-bond donors (Lipinski definition) is 1. The minimum Gasteiger partial charge on any atom is -0.316 e. The van der Waals surface area contributed by atoms with Gasteiger partial charge in [-0.2, -0.15) is 0 Å². The first-order valence-electron chi connectivity index (χ1n) is 7.13. The predicted molar refractivity (Wildman–Crippen MR) is 71.8 cm³/mol. The molecule has 16 heavy (non-hydrogen) atoms. The SMILES string of the molecule is CCCN(CC)C1CCC1CNCC(C)C. The van der Waals surface area contributed by atoms with Crippen LogP contribution in [0.4, 0.5) is 0 Å². The van der Waals surface area contributed by atoms with E-state index < -0.39 is 0 Å². The Kier molecular flexibility index (Phi) is 6.37. The first-order chi connectivity index (χ1) is 7.69. The second-order valence-electron chi connectivity index (χ2n) is 5.59. The highest BCUT2D eigenvalue weighted by Crippen LogP contribution is 2.31. The van der Waals surface area contributed by atoms with E-state index in [0.717, 1.165) is 17.9 Å². The zero-order valence-electron chi connectivity index (χ0n) is 11.6. The van der Waals surface area contributed by atoms with Crippen LogP contribution in [0.5, 0.6) is 0 Å². The second kappa shape index (κ2) is 7.29. The van der Waals surface area contributed by atoms with Gasteiger partial charge in [-0.1, -0.05) is 27.7 Å². The zero-order chi connectivity index (χ0) is 12.0. The van der Waals surface area contributed by atoms with Crippen LogP contribution in [0.15, 0.2) is 0 Å². The van der Waals surface area contributed by atoms with E-state index in [4.69, 9.17) is 0 Å². The van der Waals surface area contributed by atoms with Crippen molar-refractivity contribution >= 4 is 0 Å². The second-order valence-corrected chi connectivity index (χ2v) is 5.59. The highest BCUT2D eigenvalue weighted by molar-refractivity contribution is 4.89. The number of nitrogens with zero attached hydrogens (tertiary/aromatic N) is 1. The maximum atomic E-state index is 3.61. The van der Waals surface area contributed by atoms with E-state index in [9.17, 15) is 0 Å². The molecule has 0 amide bonds. The van der Waals surface area contributed by atoms with Crippen LogP contribution in [0.3, 0.4) is 0 Å². The molecule has 0 saturated heterocycles. The molecule has 1 fully saturated rings. The topological polar surface area (TPSA) is 15.3 Å². The van der Waals surface area contributed by atoms with E-state index in [-0.39, 0.29) is 0 Å². The zero-order valence-corrected chi connectivity index (χ0v) is 11.6. The van der Waals surface area contributed by atoms with Gasteiger partial charge in [0.15, 0.2) is 0 Å². The molecule has 0 aromatic rings. The minimum absolute atomic E-state index is 0.774. The first kappa shape index (κ1) is 14.0. The van der Waals surface area contributed by atoms with Crippen molar-refractivity contribution in [3.8, 4) is 0 Å². The summed E-state index contributed by atoms with van der Waals surface area (Å²) in [5.41, 5.74) is 0. The maximum absolute atomic E-state index is 3.61. The van der Waals surface area contributed by atoms with Crippen LogP contribution in [0.2, 0.25) is 0 Å². The van der Waals surface area contributed by atoms with Gasteiger partial charge in [-0.3, -0.25) is 0 Å². The third kappa shape index (κ3) is 4.06. The van der Waals surface area contributed by atoms with E-state index in [2.05, 4.69) is 37.9 Å². The van der Waals surface area contributed by atoms with Gasteiger partial charge in [0.1, 0.15) is 0 Å². The third-order valence-corrected chi connectivity index (χ3v) is 3.72. The average molecular weight is 226 g/mol. The molecule has 0 aliphatic heterocycles. The summed E-state index contributed by atoms with van der Waals surface area (Å²) in [7, 11) is 0. The van der Waals surface area contributed by atoms with Crippen molar-refractivity contribution in [2.75, 3.05) is 26.2 Å². The molecule has 1 N–H and O–H groups in total. The number of rotatable bonds is 8. The number of nitrogens with one attached hydrogen (secondary N) is 1. The maximum Gasteiger partial charge on any atom is 0.0136 e. The molecule has 0 bridgehead atoms. The molecule has 0 aromatic heterocycles. The van der Waals surface area contributed by atoms with Gasteiger partial charge in [-0.15, -0.1) is 0 Å². The van der Waals surface area contributed by atoms with Gasteiger partial charge in [0, 0.05) is 6.04 Å². The van der Waals surface area contributed by atoms with Crippen LogP contribution in [-0.2, 0) is 0 Å². The Bertz CT molecular complexity index is 180. The van der Waals surface area contributed by atoms with Crippen LogP contribution in [-0.4, -0.2) is 37.1 Å². The van der Waals surface area contributed by atoms with Crippen molar-refractivity contribution < 1.29 is 0 Å². The molecule has 0 spiro atoms. The molecule has 0 radical (unpaired) electrons. The summed E-state index contributed by atoms with van der Waals surface area (Å²) in [5.74, 6) is 1.68. The molecule has 0 heterocycles. The van der Waals surface area contributed by atoms with Crippen molar-refractivity contribution in [2.24, 2.45) is 11.8 Å². The Morgan fingerprint density at radius 3 is 2.44 bits per heavy atom. The standard InChI is InChI=1S/C14H30N2/c1-5-9-16(6-2)14-8-7-13(14)11-15-10-12(3)4/h12-15H,5-11H2,1-4H3. The fraction of sp³-hybridized carbons (Fsp3) is 1.00. The molecule has 1 rings (SSSR count). The molecule has 2 nitrogen and oxygen atoms in total. The minimum atomic E-state index is 0.774. The summed E-state index contributed by atoms with van der Waals surface area (Å²) in [5, 5.41) is 3.61. The van der Waals surface area contributed by atoms with Crippen molar-refractivity contribution in [2.45, 2.75) is 53.0 Å². The van der Waals surface area contributed by atoms with Crippen LogP contribution in [0.25, 0.3) is 0 Å². The molecule has 96 valence electrons. The van der Waals surface area contributed by atoms with Crippen molar-refractivity contribution in [3.05, 3.63) is 0 Å². The summed E-state index contributed by atoms with van der Waals surface area (Å²) >= 11 is 0. The highest BCUT2D eigenvalue weighted by atomic mass is 15.2. The fourth-order valence-electron chi connectivity index (χ4n) is 2.67. The quantitative estimate of drug-likeness (QED) is 0.684. The van der Waals surface area contributed by atoms with Gasteiger partial charge >= 0.3 is 0 Å². The molecule has 0 aromatic carbocycles. The predicted octanol–water partition coefficient (Wildman–Crippen LogP) is 2.74. The van der Waals surface area contributed by atoms with E-state index in [1.54, 1.807) is 0 Å².